The Hall–Kier alpha value is -0.160. The molecule has 0 rings (SSSR count). The fourth-order valence-corrected chi connectivity index (χ4v) is 1.69. The van der Waals surface area contributed by atoms with Crippen molar-refractivity contribution in [3.63, 3.8) is 0 Å². The highest BCUT2D eigenvalue weighted by molar-refractivity contribution is 4.66. The van der Waals surface area contributed by atoms with Crippen LogP contribution in [-0.4, -0.2) is 74.9 Å². The van der Waals surface area contributed by atoms with Gasteiger partial charge in [0.2, 0.25) is 0 Å². The summed E-state index contributed by atoms with van der Waals surface area (Å²) in [5, 5.41) is 12.4. The Kier molecular flexibility index (Phi) is 9.92. The van der Waals surface area contributed by atoms with Crippen molar-refractivity contribution in [3.8, 4) is 0 Å². The van der Waals surface area contributed by atoms with Gasteiger partial charge >= 0.3 is 0 Å². The molecular formula is C12H29N3O. The number of nitrogens with zero attached hydrogens (tertiary/aromatic N) is 2. The second-order valence-electron chi connectivity index (χ2n) is 4.69. The highest BCUT2D eigenvalue weighted by Gasteiger charge is 2.07. The molecule has 4 heteroatoms. The van der Waals surface area contributed by atoms with Crippen molar-refractivity contribution in [2.75, 3.05) is 53.9 Å². The van der Waals surface area contributed by atoms with Crippen LogP contribution in [0.4, 0.5) is 0 Å². The average Bonchev–Trinajstić information content (AvgIpc) is 2.23. The molecule has 16 heavy (non-hydrogen) atoms. The van der Waals surface area contributed by atoms with Crippen molar-refractivity contribution in [2.45, 2.75) is 25.8 Å². The van der Waals surface area contributed by atoms with Crippen molar-refractivity contribution < 1.29 is 5.11 Å². The maximum absolute atomic E-state index is 9.13. The normalized spacial score (nSPS) is 13.7. The highest BCUT2D eigenvalue weighted by Crippen LogP contribution is 1.96. The summed E-state index contributed by atoms with van der Waals surface area (Å²) in [6.45, 7) is 6.55. The first-order chi connectivity index (χ1) is 7.60. The van der Waals surface area contributed by atoms with Crippen molar-refractivity contribution in [1.82, 2.24) is 15.1 Å². The third-order valence-electron chi connectivity index (χ3n) is 2.72. The molecule has 0 spiro atoms. The van der Waals surface area contributed by atoms with E-state index in [2.05, 4.69) is 43.2 Å². The predicted molar refractivity (Wildman–Crippen MR) is 69.8 cm³/mol. The van der Waals surface area contributed by atoms with E-state index >= 15 is 0 Å². The van der Waals surface area contributed by atoms with Crippen LogP contribution in [0.3, 0.4) is 0 Å². The first-order valence-corrected chi connectivity index (χ1v) is 6.27. The number of hydrogen-bond donors (Lipinski definition) is 2. The van der Waals surface area contributed by atoms with Gasteiger partial charge in [0.25, 0.3) is 0 Å². The number of aliphatic hydroxyl groups excluding tert-OH is 1. The number of aliphatic hydroxyl groups is 1. The second-order valence-corrected chi connectivity index (χ2v) is 4.69. The van der Waals surface area contributed by atoms with Gasteiger partial charge in [-0.1, -0.05) is 6.92 Å². The van der Waals surface area contributed by atoms with Gasteiger partial charge in [-0.3, -0.25) is 0 Å². The maximum Gasteiger partial charge on any atom is 0.0585 e. The first kappa shape index (κ1) is 15.8. The van der Waals surface area contributed by atoms with Gasteiger partial charge in [-0.2, -0.15) is 0 Å². The van der Waals surface area contributed by atoms with Crippen LogP contribution in [0.15, 0.2) is 0 Å². The van der Waals surface area contributed by atoms with E-state index in [0.717, 1.165) is 32.6 Å². The average molecular weight is 231 g/mol. The monoisotopic (exact) mass is 231 g/mol. The molecule has 0 saturated heterocycles. The van der Waals surface area contributed by atoms with Crippen LogP contribution in [0.25, 0.3) is 0 Å². The van der Waals surface area contributed by atoms with Gasteiger partial charge in [0.1, 0.15) is 0 Å². The molecule has 1 unspecified atom stereocenters. The van der Waals surface area contributed by atoms with E-state index in [1.165, 1.54) is 6.42 Å². The van der Waals surface area contributed by atoms with E-state index in [0.29, 0.717) is 0 Å². The molecule has 0 aliphatic heterocycles. The molecule has 0 aliphatic rings. The van der Waals surface area contributed by atoms with Crippen LogP contribution in [0, 0.1) is 0 Å². The van der Waals surface area contributed by atoms with E-state index in [1.807, 2.05) is 0 Å². The fourth-order valence-electron chi connectivity index (χ4n) is 1.69. The zero-order valence-corrected chi connectivity index (χ0v) is 11.4. The quantitative estimate of drug-likeness (QED) is 0.564. The third kappa shape index (κ3) is 9.09. The largest absolute Gasteiger partial charge is 0.395 e. The van der Waals surface area contributed by atoms with Crippen LogP contribution >= 0.6 is 0 Å². The van der Waals surface area contributed by atoms with Gasteiger partial charge in [0.05, 0.1) is 6.61 Å². The number of likely N-dealkylation sites (N-methyl/N-ethyl adjacent to an activating group) is 1. The molecule has 4 nitrogen and oxygen atoms in total. The lowest BCUT2D eigenvalue weighted by molar-refractivity contribution is 0.216. The Labute approximate surface area is 101 Å². The lowest BCUT2D eigenvalue weighted by atomic mass is 10.2. The standard InChI is InChI=1S/C12H29N3O/c1-5-13-12(11-16)7-10-15(4)9-6-8-14(2)3/h12-13,16H,5-11H2,1-4H3. The van der Waals surface area contributed by atoms with Crippen molar-refractivity contribution in [3.05, 3.63) is 0 Å². The minimum atomic E-state index is 0.235. The fraction of sp³-hybridized carbons (Fsp3) is 1.00. The lowest BCUT2D eigenvalue weighted by Crippen LogP contribution is -2.36. The number of hydrogen-bond acceptors (Lipinski definition) is 4. The molecule has 0 aromatic rings. The minimum absolute atomic E-state index is 0.235. The molecule has 2 N–H and O–H groups in total. The third-order valence-corrected chi connectivity index (χ3v) is 2.72. The summed E-state index contributed by atoms with van der Waals surface area (Å²) in [4.78, 5) is 4.55. The summed E-state index contributed by atoms with van der Waals surface area (Å²) in [7, 11) is 6.36. The van der Waals surface area contributed by atoms with Crippen molar-refractivity contribution in [2.24, 2.45) is 0 Å². The molecule has 0 aliphatic carbocycles. The Morgan fingerprint density at radius 1 is 1.12 bits per heavy atom. The molecule has 0 aromatic heterocycles. The molecule has 0 fully saturated rings. The van der Waals surface area contributed by atoms with Gasteiger partial charge in [-0.05, 0) is 60.2 Å². The molecule has 0 aromatic carbocycles. The molecule has 0 heterocycles. The van der Waals surface area contributed by atoms with E-state index in [-0.39, 0.29) is 12.6 Å². The molecule has 0 amide bonds. The lowest BCUT2D eigenvalue weighted by Gasteiger charge is -2.21. The van der Waals surface area contributed by atoms with Gasteiger partial charge in [0.15, 0.2) is 0 Å². The summed E-state index contributed by atoms with van der Waals surface area (Å²) in [5.41, 5.74) is 0. The second kappa shape index (κ2) is 10.0. The smallest absolute Gasteiger partial charge is 0.0585 e. The predicted octanol–water partition coefficient (Wildman–Crippen LogP) is 0.230. The number of nitrogens with one attached hydrogen (secondary N) is 1. The maximum atomic E-state index is 9.13. The van der Waals surface area contributed by atoms with Gasteiger partial charge in [0, 0.05) is 6.04 Å². The Morgan fingerprint density at radius 3 is 2.31 bits per heavy atom. The summed E-state index contributed by atoms with van der Waals surface area (Å²) in [5.74, 6) is 0. The van der Waals surface area contributed by atoms with E-state index in [9.17, 15) is 0 Å². The number of rotatable bonds is 10. The van der Waals surface area contributed by atoms with E-state index in [1.54, 1.807) is 0 Å². The van der Waals surface area contributed by atoms with Gasteiger partial charge in [-0.15, -0.1) is 0 Å². The molecule has 0 bridgehead atoms. The first-order valence-electron chi connectivity index (χ1n) is 6.27. The summed E-state index contributed by atoms with van der Waals surface area (Å²) in [6.07, 6.45) is 2.22. The molecular weight excluding hydrogens is 202 g/mol. The molecule has 0 radical (unpaired) electrons. The topological polar surface area (TPSA) is 38.7 Å². The zero-order valence-electron chi connectivity index (χ0n) is 11.4. The summed E-state index contributed by atoms with van der Waals surface area (Å²) < 4.78 is 0. The molecule has 1 atom stereocenters. The Morgan fingerprint density at radius 2 is 1.81 bits per heavy atom. The summed E-state index contributed by atoms with van der Waals surface area (Å²) in [6, 6.07) is 0.251. The van der Waals surface area contributed by atoms with Crippen LogP contribution in [0.1, 0.15) is 19.8 Å². The molecule has 98 valence electrons. The van der Waals surface area contributed by atoms with E-state index in [4.69, 9.17) is 5.11 Å². The van der Waals surface area contributed by atoms with E-state index < -0.39 is 0 Å². The Bertz CT molecular complexity index is 153. The highest BCUT2D eigenvalue weighted by atomic mass is 16.3. The van der Waals surface area contributed by atoms with Crippen LogP contribution in [0.5, 0.6) is 0 Å². The summed E-state index contributed by atoms with van der Waals surface area (Å²) >= 11 is 0. The Balaban J connectivity index is 3.50. The van der Waals surface area contributed by atoms with Crippen molar-refractivity contribution in [1.29, 1.82) is 0 Å². The van der Waals surface area contributed by atoms with Crippen LogP contribution < -0.4 is 5.32 Å². The SMILES string of the molecule is CCNC(CO)CCN(C)CCCN(C)C. The van der Waals surface area contributed by atoms with Crippen LogP contribution in [-0.2, 0) is 0 Å². The minimum Gasteiger partial charge on any atom is -0.395 e. The van der Waals surface area contributed by atoms with Crippen LogP contribution in [0.2, 0.25) is 0 Å². The zero-order chi connectivity index (χ0) is 12.4. The molecule has 0 saturated carbocycles. The van der Waals surface area contributed by atoms with Gasteiger partial charge in [-0.25, -0.2) is 0 Å². The van der Waals surface area contributed by atoms with Gasteiger partial charge < -0.3 is 20.2 Å². The van der Waals surface area contributed by atoms with Crippen molar-refractivity contribution >= 4 is 0 Å².